The van der Waals surface area contributed by atoms with Crippen LogP contribution >= 0.6 is 0 Å². The molecule has 78 valence electrons. The molecule has 0 atom stereocenters. The summed E-state index contributed by atoms with van der Waals surface area (Å²) in [6.07, 6.45) is 2.27. The summed E-state index contributed by atoms with van der Waals surface area (Å²) in [5.74, 6) is 1.02. The molecule has 2 aromatic rings. The molecule has 0 saturated carbocycles. The number of benzene rings is 1. The number of phenolic OH excluding ortho intramolecular Hbond substituents is 1. The summed E-state index contributed by atoms with van der Waals surface area (Å²) in [6.45, 7) is 0.525. The molecule has 2 rings (SSSR count). The summed E-state index contributed by atoms with van der Waals surface area (Å²) in [5.41, 5.74) is 6.30. The van der Waals surface area contributed by atoms with Crippen molar-refractivity contribution < 1.29 is 5.11 Å². The van der Waals surface area contributed by atoms with Crippen LogP contribution < -0.4 is 5.73 Å². The van der Waals surface area contributed by atoms with E-state index in [1.165, 1.54) is 0 Å². The maximum atomic E-state index is 9.35. The largest absolute Gasteiger partial charge is 0.508 e. The van der Waals surface area contributed by atoms with Crippen molar-refractivity contribution in [2.75, 3.05) is 6.54 Å². The minimum Gasteiger partial charge on any atom is -0.508 e. The van der Waals surface area contributed by atoms with Crippen LogP contribution in [0.4, 0.5) is 0 Å². The van der Waals surface area contributed by atoms with Crippen molar-refractivity contribution in [3.63, 3.8) is 0 Å². The number of aromatic hydroxyl groups is 1. The van der Waals surface area contributed by atoms with E-state index in [9.17, 15) is 5.11 Å². The van der Waals surface area contributed by atoms with E-state index in [1.54, 1.807) is 24.5 Å². The van der Waals surface area contributed by atoms with Crippen molar-refractivity contribution in [1.82, 2.24) is 14.8 Å². The van der Waals surface area contributed by atoms with Crippen LogP contribution in [-0.2, 0) is 6.42 Å². The Balaban J connectivity index is 2.40. The van der Waals surface area contributed by atoms with Crippen LogP contribution in [0.15, 0.2) is 30.6 Å². The summed E-state index contributed by atoms with van der Waals surface area (Å²) in [5, 5.41) is 17.1. The summed E-state index contributed by atoms with van der Waals surface area (Å²) in [6, 6.07) is 6.93. The summed E-state index contributed by atoms with van der Waals surface area (Å²) in [4.78, 5) is 0. The number of rotatable bonds is 3. The third kappa shape index (κ3) is 1.97. The lowest BCUT2D eigenvalue weighted by Gasteiger charge is -2.05. The molecule has 5 nitrogen and oxygen atoms in total. The molecular formula is C10H12N4O. The van der Waals surface area contributed by atoms with Crippen LogP contribution in [0.1, 0.15) is 5.82 Å². The van der Waals surface area contributed by atoms with Crippen molar-refractivity contribution >= 4 is 0 Å². The molecule has 0 amide bonds. The average Bonchev–Trinajstić information content (AvgIpc) is 2.66. The van der Waals surface area contributed by atoms with E-state index < -0.39 is 0 Å². The lowest BCUT2D eigenvalue weighted by Crippen LogP contribution is -2.08. The topological polar surface area (TPSA) is 77.0 Å². The maximum absolute atomic E-state index is 9.35. The number of phenols is 1. The second kappa shape index (κ2) is 4.10. The van der Waals surface area contributed by atoms with Crippen molar-refractivity contribution in [3.05, 3.63) is 36.4 Å². The molecule has 0 aliphatic rings. The minimum atomic E-state index is 0.222. The second-order valence-corrected chi connectivity index (χ2v) is 3.18. The van der Waals surface area contributed by atoms with Gasteiger partial charge in [0, 0.05) is 12.5 Å². The highest BCUT2D eigenvalue weighted by Crippen LogP contribution is 2.15. The molecule has 5 heteroatoms. The standard InChI is InChI=1S/C10H12N4O/c11-5-4-10-13-12-7-14(10)8-2-1-3-9(15)6-8/h1-3,6-7,15H,4-5,11H2. The molecule has 0 aliphatic heterocycles. The van der Waals surface area contributed by atoms with E-state index in [1.807, 2.05) is 10.6 Å². The fraction of sp³-hybridized carbons (Fsp3) is 0.200. The third-order valence-electron chi connectivity index (χ3n) is 2.09. The first kappa shape index (κ1) is 9.67. The lowest BCUT2D eigenvalue weighted by atomic mass is 10.3. The van der Waals surface area contributed by atoms with Gasteiger partial charge in [0.2, 0.25) is 0 Å². The Labute approximate surface area is 87.2 Å². The number of hydrogen-bond donors (Lipinski definition) is 2. The van der Waals surface area contributed by atoms with Crippen LogP contribution in [0.3, 0.4) is 0 Å². The van der Waals surface area contributed by atoms with Gasteiger partial charge in [-0.2, -0.15) is 0 Å². The van der Waals surface area contributed by atoms with E-state index in [2.05, 4.69) is 10.2 Å². The molecule has 15 heavy (non-hydrogen) atoms. The highest BCUT2D eigenvalue weighted by atomic mass is 16.3. The minimum absolute atomic E-state index is 0.222. The Morgan fingerprint density at radius 3 is 3.00 bits per heavy atom. The predicted molar refractivity (Wildman–Crippen MR) is 55.8 cm³/mol. The number of nitrogens with zero attached hydrogens (tertiary/aromatic N) is 3. The monoisotopic (exact) mass is 204 g/mol. The van der Waals surface area contributed by atoms with Gasteiger partial charge in [0.1, 0.15) is 17.9 Å². The van der Waals surface area contributed by atoms with Crippen molar-refractivity contribution in [3.8, 4) is 11.4 Å². The Morgan fingerprint density at radius 2 is 2.27 bits per heavy atom. The molecule has 0 aliphatic carbocycles. The molecule has 1 aromatic heterocycles. The molecule has 0 saturated heterocycles. The number of nitrogens with two attached hydrogens (primary N) is 1. The van der Waals surface area contributed by atoms with Crippen molar-refractivity contribution in [1.29, 1.82) is 0 Å². The maximum Gasteiger partial charge on any atom is 0.138 e. The first-order chi connectivity index (χ1) is 7.31. The highest BCUT2D eigenvalue weighted by Gasteiger charge is 2.05. The van der Waals surface area contributed by atoms with Gasteiger partial charge in [0.25, 0.3) is 0 Å². The first-order valence-corrected chi connectivity index (χ1v) is 4.69. The quantitative estimate of drug-likeness (QED) is 0.762. The molecule has 0 unspecified atom stereocenters. The number of aromatic nitrogens is 3. The zero-order chi connectivity index (χ0) is 10.7. The van der Waals surface area contributed by atoms with Crippen LogP contribution in [-0.4, -0.2) is 26.4 Å². The Morgan fingerprint density at radius 1 is 1.40 bits per heavy atom. The summed E-state index contributed by atoms with van der Waals surface area (Å²) < 4.78 is 1.81. The highest BCUT2D eigenvalue weighted by molar-refractivity contribution is 5.38. The van der Waals surface area contributed by atoms with Gasteiger partial charge in [0.05, 0.1) is 5.69 Å². The zero-order valence-electron chi connectivity index (χ0n) is 8.17. The normalized spacial score (nSPS) is 10.5. The van der Waals surface area contributed by atoms with Crippen molar-refractivity contribution in [2.24, 2.45) is 5.73 Å². The first-order valence-electron chi connectivity index (χ1n) is 4.69. The van der Waals surface area contributed by atoms with Gasteiger partial charge in [-0.3, -0.25) is 4.57 Å². The Kier molecular flexibility index (Phi) is 2.64. The van der Waals surface area contributed by atoms with Crippen LogP contribution in [0.2, 0.25) is 0 Å². The average molecular weight is 204 g/mol. The van der Waals surface area contributed by atoms with Crippen LogP contribution in [0, 0.1) is 0 Å². The van der Waals surface area contributed by atoms with E-state index in [4.69, 9.17) is 5.73 Å². The Bertz CT molecular complexity index is 452. The van der Waals surface area contributed by atoms with Gasteiger partial charge in [-0.15, -0.1) is 10.2 Å². The molecule has 0 radical (unpaired) electrons. The zero-order valence-corrected chi connectivity index (χ0v) is 8.17. The van der Waals surface area contributed by atoms with E-state index in [-0.39, 0.29) is 5.75 Å². The fourth-order valence-corrected chi connectivity index (χ4v) is 1.42. The second-order valence-electron chi connectivity index (χ2n) is 3.18. The summed E-state index contributed by atoms with van der Waals surface area (Å²) in [7, 11) is 0. The van der Waals surface area contributed by atoms with Gasteiger partial charge >= 0.3 is 0 Å². The van der Waals surface area contributed by atoms with Gasteiger partial charge in [-0.1, -0.05) is 6.07 Å². The SMILES string of the molecule is NCCc1nncn1-c1cccc(O)c1. The molecule has 0 bridgehead atoms. The third-order valence-corrected chi connectivity index (χ3v) is 2.09. The molecule has 0 fully saturated rings. The van der Waals surface area contributed by atoms with Crippen LogP contribution in [0.5, 0.6) is 5.75 Å². The van der Waals surface area contributed by atoms with Gasteiger partial charge < -0.3 is 10.8 Å². The predicted octanol–water partition coefficient (Wildman–Crippen LogP) is 0.474. The molecular weight excluding hydrogens is 192 g/mol. The molecule has 1 aromatic carbocycles. The molecule has 3 N–H and O–H groups in total. The molecule has 0 spiro atoms. The van der Waals surface area contributed by atoms with E-state index in [0.717, 1.165) is 11.5 Å². The van der Waals surface area contributed by atoms with E-state index >= 15 is 0 Å². The number of hydrogen-bond acceptors (Lipinski definition) is 4. The van der Waals surface area contributed by atoms with Gasteiger partial charge in [0.15, 0.2) is 0 Å². The van der Waals surface area contributed by atoms with Gasteiger partial charge in [-0.05, 0) is 18.7 Å². The van der Waals surface area contributed by atoms with Crippen LogP contribution in [0.25, 0.3) is 5.69 Å². The van der Waals surface area contributed by atoms with Crippen molar-refractivity contribution in [2.45, 2.75) is 6.42 Å². The lowest BCUT2D eigenvalue weighted by molar-refractivity contribution is 0.475. The fourth-order valence-electron chi connectivity index (χ4n) is 1.42. The van der Waals surface area contributed by atoms with Gasteiger partial charge in [-0.25, -0.2) is 0 Å². The Hall–Kier alpha value is -1.88. The summed E-state index contributed by atoms with van der Waals surface area (Å²) >= 11 is 0. The molecule has 1 heterocycles. The van der Waals surface area contributed by atoms with E-state index in [0.29, 0.717) is 13.0 Å². The smallest absolute Gasteiger partial charge is 0.138 e.